The summed E-state index contributed by atoms with van der Waals surface area (Å²) in [6.07, 6.45) is 6.80. The van der Waals surface area contributed by atoms with Crippen LogP contribution in [-0.4, -0.2) is 33.3 Å². The fourth-order valence-corrected chi connectivity index (χ4v) is 2.39. The lowest BCUT2D eigenvalue weighted by Crippen LogP contribution is -2.47. The van der Waals surface area contributed by atoms with E-state index in [4.69, 9.17) is 0 Å². The first kappa shape index (κ1) is 15.2. The molecule has 2 N–H and O–H groups in total. The van der Waals surface area contributed by atoms with E-state index in [0.29, 0.717) is 6.04 Å². The summed E-state index contributed by atoms with van der Waals surface area (Å²) in [6, 6.07) is 0.337. The quantitative estimate of drug-likeness (QED) is 0.746. The molecule has 0 aliphatic carbocycles. The van der Waals surface area contributed by atoms with Crippen LogP contribution in [0.4, 0.5) is 0 Å². The Bertz CT molecular complexity index is 351. The normalized spacial score (nSPS) is 16.5. The average Bonchev–Trinajstić information content (AvgIpc) is 2.84. The molecule has 18 heavy (non-hydrogen) atoms. The molecule has 1 aromatic heterocycles. The van der Waals surface area contributed by atoms with Crippen molar-refractivity contribution >= 4 is 0 Å². The van der Waals surface area contributed by atoms with Crippen molar-refractivity contribution in [1.29, 1.82) is 0 Å². The summed E-state index contributed by atoms with van der Waals surface area (Å²) in [5.41, 5.74) is -0.218. The molecular formula is C14H27N3O. The second kappa shape index (κ2) is 6.90. The van der Waals surface area contributed by atoms with Gasteiger partial charge < -0.3 is 15.0 Å². The monoisotopic (exact) mass is 253 g/mol. The van der Waals surface area contributed by atoms with E-state index in [2.05, 4.69) is 42.6 Å². The maximum absolute atomic E-state index is 9.60. The van der Waals surface area contributed by atoms with Gasteiger partial charge in [0, 0.05) is 30.4 Å². The molecule has 104 valence electrons. The van der Waals surface area contributed by atoms with E-state index in [-0.39, 0.29) is 12.1 Å². The van der Waals surface area contributed by atoms with Crippen LogP contribution in [0.5, 0.6) is 0 Å². The van der Waals surface area contributed by atoms with Crippen LogP contribution < -0.4 is 5.32 Å². The lowest BCUT2D eigenvalue weighted by atomic mass is 9.94. The van der Waals surface area contributed by atoms with E-state index < -0.39 is 0 Å². The van der Waals surface area contributed by atoms with Crippen molar-refractivity contribution in [2.75, 3.05) is 13.2 Å². The molecule has 1 aromatic rings. The highest BCUT2D eigenvalue weighted by Gasteiger charge is 2.26. The van der Waals surface area contributed by atoms with Gasteiger partial charge in [0.05, 0.1) is 6.61 Å². The molecule has 0 amide bonds. The summed E-state index contributed by atoms with van der Waals surface area (Å²) in [6.45, 7) is 9.62. The largest absolute Gasteiger partial charge is 0.394 e. The third-order valence-electron chi connectivity index (χ3n) is 3.44. The Kier molecular flexibility index (Phi) is 5.82. The van der Waals surface area contributed by atoms with Gasteiger partial charge in [-0.05, 0) is 33.2 Å². The van der Waals surface area contributed by atoms with Crippen LogP contribution in [-0.2, 0) is 6.42 Å². The number of imidazole rings is 1. The van der Waals surface area contributed by atoms with Crippen LogP contribution in [0.25, 0.3) is 0 Å². The minimum Gasteiger partial charge on any atom is -0.394 e. The standard InChI is InChI=1S/C14H27N3O/c1-5-7-16-14(4,11-18)10-12(3)17-9-8-15-13(17)6-2/h8-9,12,16,18H,5-7,10-11H2,1-4H3. The van der Waals surface area contributed by atoms with Crippen molar-refractivity contribution < 1.29 is 5.11 Å². The van der Waals surface area contributed by atoms with Crippen molar-refractivity contribution in [2.24, 2.45) is 0 Å². The van der Waals surface area contributed by atoms with Crippen LogP contribution in [0, 0.1) is 0 Å². The van der Waals surface area contributed by atoms with E-state index in [1.54, 1.807) is 0 Å². The predicted octanol–water partition coefficient (Wildman–Crippen LogP) is 2.15. The first-order valence-corrected chi connectivity index (χ1v) is 6.94. The lowest BCUT2D eigenvalue weighted by Gasteiger charge is -2.32. The van der Waals surface area contributed by atoms with Gasteiger partial charge in [-0.1, -0.05) is 13.8 Å². The Morgan fingerprint density at radius 3 is 2.78 bits per heavy atom. The zero-order valence-corrected chi connectivity index (χ0v) is 12.1. The summed E-state index contributed by atoms with van der Waals surface area (Å²) >= 11 is 0. The molecule has 0 radical (unpaired) electrons. The molecule has 0 saturated heterocycles. The van der Waals surface area contributed by atoms with Crippen LogP contribution >= 0.6 is 0 Å². The fourth-order valence-electron chi connectivity index (χ4n) is 2.39. The van der Waals surface area contributed by atoms with Crippen molar-refractivity contribution in [3.8, 4) is 0 Å². The molecule has 0 spiro atoms. The Morgan fingerprint density at radius 1 is 1.50 bits per heavy atom. The first-order chi connectivity index (χ1) is 8.56. The van der Waals surface area contributed by atoms with Gasteiger partial charge in [0.1, 0.15) is 5.82 Å². The zero-order chi connectivity index (χ0) is 13.6. The molecule has 1 rings (SSSR count). The number of aliphatic hydroxyl groups excluding tert-OH is 1. The molecule has 2 unspecified atom stereocenters. The molecule has 2 atom stereocenters. The van der Waals surface area contributed by atoms with Gasteiger partial charge in [-0.25, -0.2) is 4.98 Å². The lowest BCUT2D eigenvalue weighted by molar-refractivity contribution is 0.151. The van der Waals surface area contributed by atoms with E-state index in [1.807, 2.05) is 12.4 Å². The average molecular weight is 253 g/mol. The Labute approximate surface area is 110 Å². The number of aryl methyl sites for hydroxylation is 1. The van der Waals surface area contributed by atoms with Gasteiger partial charge in [-0.3, -0.25) is 0 Å². The highest BCUT2D eigenvalue weighted by molar-refractivity contribution is 4.96. The zero-order valence-electron chi connectivity index (χ0n) is 12.1. The van der Waals surface area contributed by atoms with Crippen LogP contribution in [0.3, 0.4) is 0 Å². The second-order valence-corrected chi connectivity index (χ2v) is 5.30. The summed E-state index contributed by atoms with van der Waals surface area (Å²) < 4.78 is 2.21. The van der Waals surface area contributed by atoms with Gasteiger partial charge in [0.25, 0.3) is 0 Å². The van der Waals surface area contributed by atoms with Crippen LogP contribution in [0.2, 0.25) is 0 Å². The Morgan fingerprint density at radius 2 is 2.22 bits per heavy atom. The number of nitrogens with zero attached hydrogens (tertiary/aromatic N) is 2. The SMILES string of the molecule is CCCNC(C)(CO)CC(C)n1ccnc1CC. The predicted molar refractivity (Wildman–Crippen MR) is 74.7 cm³/mol. The molecule has 4 nitrogen and oxygen atoms in total. The van der Waals surface area contributed by atoms with Crippen LogP contribution in [0.15, 0.2) is 12.4 Å². The molecule has 0 aromatic carbocycles. The Balaban J connectivity index is 2.69. The molecule has 1 heterocycles. The summed E-state index contributed by atoms with van der Waals surface area (Å²) in [7, 11) is 0. The van der Waals surface area contributed by atoms with Gasteiger partial charge in [0.2, 0.25) is 0 Å². The minimum absolute atomic E-state index is 0.160. The van der Waals surface area contributed by atoms with E-state index in [1.165, 1.54) is 0 Å². The van der Waals surface area contributed by atoms with Crippen molar-refractivity contribution in [3.63, 3.8) is 0 Å². The van der Waals surface area contributed by atoms with Gasteiger partial charge in [-0.15, -0.1) is 0 Å². The minimum atomic E-state index is -0.218. The number of nitrogens with one attached hydrogen (secondary N) is 1. The fraction of sp³-hybridized carbons (Fsp3) is 0.786. The van der Waals surface area contributed by atoms with Crippen molar-refractivity contribution in [3.05, 3.63) is 18.2 Å². The first-order valence-electron chi connectivity index (χ1n) is 6.94. The highest BCUT2D eigenvalue weighted by atomic mass is 16.3. The maximum Gasteiger partial charge on any atom is 0.108 e. The summed E-state index contributed by atoms with van der Waals surface area (Å²) in [5.74, 6) is 1.11. The molecule has 0 fully saturated rings. The number of hydrogen-bond donors (Lipinski definition) is 2. The van der Waals surface area contributed by atoms with Gasteiger partial charge in [0.15, 0.2) is 0 Å². The number of aromatic nitrogens is 2. The third kappa shape index (κ3) is 3.82. The maximum atomic E-state index is 9.60. The summed E-state index contributed by atoms with van der Waals surface area (Å²) in [4.78, 5) is 4.35. The number of aliphatic hydroxyl groups is 1. The Hall–Kier alpha value is -0.870. The molecular weight excluding hydrogens is 226 g/mol. The number of rotatable bonds is 8. The van der Waals surface area contributed by atoms with Crippen molar-refractivity contribution in [2.45, 2.75) is 58.5 Å². The molecule has 0 aliphatic rings. The molecule has 0 saturated carbocycles. The molecule has 0 aliphatic heterocycles. The highest BCUT2D eigenvalue weighted by Crippen LogP contribution is 2.22. The van der Waals surface area contributed by atoms with Crippen molar-refractivity contribution in [1.82, 2.24) is 14.9 Å². The number of hydrogen-bond acceptors (Lipinski definition) is 3. The summed E-state index contributed by atoms with van der Waals surface area (Å²) in [5, 5.41) is 13.0. The van der Waals surface area contributed by atoms with Crippen LogP contribution in [0.1, 0.15) is 52.4 Å². The second-order valence-electron chi connectivity index (χ2n) is 5.30. The van der Waals surface area contributed by atoms with E-state index >= 15 is 0 Å². The molecule has 4 heteroatoms. The van der Waals surface area contributed by atoms with E-state index in [9.17, 15) is 5.11 Å². The molecule has 0 bridgehead atoms. The van der Waals surface area contributed by atoms with E-state index in [0.717, 1.165) is 31.6 Å². The third-order valence-corrected chi connectivity index (χ3v) is 3.44. The van der Waals surface area contributed by atoms with Gasteiger partial charge >= 0.3 is 0 Å². The van der Waals surface area contributed by atoms with Gasteiger partial charge in [-0.2, -0.15) is 0 Å². The topological polar surface area (TPSA) is 50.1 Å². The smallest absolute Gasteiger partial charge is 0.108 e.